The van der Waals surface area contributed by atoms with E-state index in [0.717, 1.165) is 30.5 Å². The second-order valence-electron chi connectivity index (χ2n) is 14.2. The number of aliphatic hydroxyl groups is 1. The molecule has 9 heteroatoms. The number of aliphatic imine (C=N–C) groups is 1. The molecule has 2 rings (SSSR count). The molecular formula is C41H62ClN3O5. The van der Waals surface area contributed by atoms with Gasteiger partial charge in [-0.15, -0.1) is 0 Å². The zero-order valence-corrected chi connectivity index (χ0v) is 32.3. The number of rotatable bonds is 24. The molecule has 0 bridgehead atoms. The molecule has 2 aromatic carbocycles. The van der Waals surface area contributed by atoms with Crippen LogP contribution in [-0.4, -0.2) is 54.8 Å². The number of hydrogen-bond donors (Lipinski definition) is 2. The van der Waals surface area contributed by atoms with Crippen LogP contribution in [0.5, 0.6) is 0 Å². The smallest absolute Gasteiger partial charge is 0.338 e. The largest absolute Gasteiger partial charge is 0.462 e. The van der Waals surface area contributed by atoms with Gasteiger partial charge >= 0.3 is 5.97 Å². The Morgan fingerprint density at radius 1 is 0.840 bits per heavy atom. The van der Waals surface area contributed by atoms with Crippen molar-refractivity contribution >= 4 is 52.0 Å². The van der Waals surface area contributed by atoms with Crippen molar-refractivity contribution in [1.82, 2.24) is 0 Å². The van der Waals surface area contributed by atoms with Crippen molar-refractivity contribution in [1.29, 1.82) is 0 Å². The van der Waals surface area contributed by atoms with E-state index in [2.05, 4.69) is 17.2 Å². The summed E-state index contributed by atoms with van der Waals surface area (Å²) in [6, 6.07) is 10.1. The Bertz CT molecular complexity index is 1380. The van der Waals surface area contributed by atoms with E-state index in [1.807, 2.05) is 30.9 Å². The number of esters is 1. The van der Waals surface area contributed by atoms with Gasteiger partial charge in [0.15, 0.2) is 11.5 Å². The van der Waals surface area contributed by atoms with Crippen molar-refractivity contribution < 1.29 is 24.2 Å². The van der Waals surface area contributed by atoms with Crippen molar-refractivity contribution in [2.75, 3.05) is 36.5 Å². The van der Waals surface area contributed by atoms with Gasteiger partial charge in [-0.25, -0.2) is 9.79 Å². The fourth-order valence-corrected chi connectivity index (χ4v) is 5.87. The number of benzene rings is 2. The van der Waals surface area contributed by atoms with Crippen LogP contribution >= 0.6 is 11.6 Å². The molecule has 0 aromatic heterocycles. The van der Waals surface area contributed by atoms with Crippen LogP contribution in [0, 0.1) is 12.3 Å². The molecule has 2 aromatic rings. The number of nitrogens with one attached hydrogen (secondary N) is 1. The van der Waals surface area contributed by atoms with Crippen molar-refractivity contribution in [3.8, 4) is 0 Å². The quantitative estimate of drug-likeness (QED) is 0.0486. The van der Waals surface area contributed by atoms with Crippen LogP contribution in [0.3, 0.4) is 0 Å². The predicted octanol–water partition coefficient (Wildman–Crippen LogP) is 10.4. The highest BCUT2D eigenvalue weighted by Crippen LogP contribution is 2.28. The standard InChI is InChI=1S/C41H62ClN3O5/c1-7-9-10-11-12-13-14-15-16-17-18-19-20-21-28-50-40(49)32-22-24-34(42)36(30-32)44-39(48)37(38(47)41(4,5)6)43-35-25-23-33(29-31(35)3)45(8-2)26-27-46/h22-25,29-30,46H,7-21,26-28H2,1-6H3,(H,44,48)/b43-37-. The maximum absolute atomic E-state index is 13.6. The second-order valence-corrected chi connectivity index (χ2v) is 14.6. The van der Waals surface area contributed by atoms with Crippen LogP contribution in [0.4, 0.5) is 17.1 Å². The normalized spacial score (nSPS) is 11.8. The lowest BCUT2D eigenvalue weighted by Crippen LogP contribution is -2.37. The Morgan fingerprint density at radius 3 is 1.94 bits per heavy atom. The third kappa shape index (κ3) is 15.3. The number of hydrogen-bond acceptors (Lipinski definition) is 7. The van der Waals surface area contributed by atoms with Crippen molar-refractivity contribution in [3.05, 3.63) is 52.5 Å². The number of amides is 1. The van der Waals surface area contributed by atoms with Gasteiger partial charge in [-0.3, -0.25) is 9.59 Å². The number of carbonyl (C=O) groups excluding carboxylic acids is 3. The summed E-state index contributed by atoms with van der Waals surface area (Å²) in [5, 5.41) is 12.3. The lowest BCUT2D eigenvalue weighted by atomic mass is 9.87. The Hall–Kier alpha value is -3.23. The number of carbonyl (C=O) groups is 3. The molecule has 1 amide bonds. The zero-order valence-electron chi connectivity index (χ0n) is 31.5. The molecule has 0 radical (unpaired) electrons. The first-order valence-electron chi connectivity index (χ1n) is 18.8. The van der Waals surface area contributed by atoms with Crippen molar-refractivity contribution in [2.45, 2.75) is 131 Å². The van der Waals surface area contributed by atoms with Gasteiger partial charge in [-0.05, 0) is 62.2 Å². The van der Waals surface area contributed by atoms with Gasteiger partial charge in [-0.1, -0.05) is 123 Å². The van der Waals surface area contributed by atoms with Gasteiger partial charge in [0.2, 0.25) is 0 Å². The lowest BCUT2D eigenvalue weighted by Gasteiger charge is -2.23. The summed E-state index contributed by atoms with van der Waals surface area (Å²) in [5.41, 5.74) is 1.45. The molecule has 0 aliphatic carbocycles. The Balaban J connectivity index is 1.95. The molecule has 0 aliphatic rings. The maximum atomic E-state index is 13.6. The molecule has 0 heterocycles. The summed E-state index contributed by atoms with van der Waals surface area (Å²) in [7, 11) is 0. The highest BCUT2D eigenvalue weighted by atomic mass is 35.5. The molecule has 0 saturated carbocycles. The summed E-state index contributed by atoms with van der Waals surface area (Å²) in [6.07, 6.45) is 17.6. The molecular weight excluding hydrogens is 650 g/mol. The van der Waals surface area contributed by atoms with E-state index in [4.69, 9.17) is 16.3 Å². The van der Waals surface area contributed by atoms with E-state index >= 15 is 0 Å². The van der Waals surface area contributed by atoms with Crippen LogP contribution < -0.4 is 10.2 Å². The monoisotopic (exact) mass is 711 g/mol. The minimum Gasteiger partial charge on any atom is -0.462 e. The summed E-state index contributed by atoms with van der Waals surface area (Å²) in [5.74, 6) is -1.66. The van der Waals surface area contributed by atoms with Gasteiger partial charge in [0.25, 0.3) is 5.91 Å². The number of anilines is 2. The molecule has 50 heavy (non-hydrogen) atoms. The SMILES string of the molecule is CCCCCCCCCCCCCCCCOC(=O)c1ccc(Cl)c(NC(=O)/C(=N\c2ccc(N(CC)CCO)cc2C)C(=O)C(C)(C)C)c1. The predicted molar refractivity (Wildman–Crippen MR) is 208 cm³/mol. The summed E-state index contributed by atoms with van der Waals surface area (Å²) >= 11 is 6.42. The molecule has 8 nitrogen and oxygen atoms in total. The number of nitrogens with zero attached hydrogens (tertiary/aromatic N) is 2. The average Bonchev–Trinajstić information content (AvgIpc) is 3.08. The molecule has 0 aliphatic heterocycles. The topological polar surface area (TPSA) is 108 Å². The first-order valence-corrected chi connectivity index (χ1v) is 19.2. The van der Waals surface area contributed by atoms with Gasteiger partial charge in [0.1, 0.15) is 0 Å². The number of halogens is 1. The molecule has 2 N–H and O–H groups in total. The number of likely N-dealkylation sites (N-methyl/N-ethyl adjacent to an activating group) is 1. The molecule has 0 atom stereocenters. The summed E-state index contributed by atoms with van der Waals surface area (Å²) < 4.78 is 5.52. The third-order valence-corrected chi connectivity index (χ3v) is 9.15. The van der Waals surface area contributed by atoms with Crippen molar-refractivity contribution in [2.24, 2.45) is 10.4 Å². The highest BCUT2D eigenvalue weighted by Gasteiger charge is 2.31. The van der Waals surface area contributed by atoms with Crippen molar-refractivity contribution in [3.63, 3.8) is 0 Å². The average molecular weight is 712 g/mol. The fourth-order valence-electron chi connectivity index (χ4n) is 5.71. The van der Waals surface area contributed by atoms with E-state index in [-0.39, 0.29) is 28.6 Å². The lowest BCUT2D eigenvalue weighted by molar-refractivity contribution is -0.121. The van der Waals surface area contributed by atoms with E-state index in [1.165, 1.54) is 82.8 Å². The molecule has 0 fully saturated rings. The Labute approximate surface area is 306 Å². The number of Topliss-reactive ketones (excluding diaryl/α,β-unsaturated/α-hetero) is 1. The first-order chi connectivity index (χ1) is 23.9. The zero-order chi connectivity index (χ0) is 36.9. The summed E-state index contributed by atoms with van der Waals surface area (Å²) in [4.78, 5) is 46.5. The molecule has 0 saturated heterocycles. The number of unbranched alkanes of at least 4 members (excludes halogenated alkanes) is 13. The molecule has 0 spiro atoms. The highest BCUT2D eigenvalue weighted by molar-refractivity contribution is 6.68. The van der Waals surface area contributed by atoms with Crippen LogP contribution in [0.1, 0.15) is 140 Å². The number of ether oxygens (including phenoxy) is 1. The third-order valence-electron chi connectivity index (χ3n) is 8.82. The minimum absolute atomic E-state index is 0.0260. The van der Waals surface area contributed by atoms with E-state index in [1.54, 1.807) is 32.9 Å². The van der Waals surface area contributed by atoms with Crippen LogP contribution in [0.15, 0.2) is 41.4 Å². The maximum Gasteiger partial charge on any atom is 0.338 e. The van der Waals surface area contributed by atoms with E-state index < -0.39 is 23.1 Å². The second kappa shape index (κ2) is 23.3. The fraction of sp³-hybridized carbons (Fsp3) is 0.610. The Morgan fingerprint density at radius 2 is 1.42 bits per heavy atom. The Kier molecular flexibility index (Phi) is 20.0. The molecule has 278 valence electrons. The van der Waals surface area contributed by atoms with Gasteiger partial charge < -0.3 is 20.1 Å². The number of aliphatic hydroxyl groups excluding tert-OH is 1. The van der Waals surface area contributed by atoms with Crippen LogP contribution in [0.25, 0.3) is 0 Å². The summed E-state index contributed by atoms with van der Waals surface area (Å²) in [6.45, 7) is 12.8. The minimum atomic E-state index is -0.882. The van der Waals surface area contributed by atoms with Gasteiger partial charge in [-0.2, -0.15) is 0 Å². The van der Waals surface area contributed by atoms with E-state index in [0.29, 0.717) is 25.4 Å². The first kappa shape index (κ1) is 42.9. The number of aryl methyl sites for hydroxylation is 1. The van der Waals surface area contributed by atoms with E-state index in [9.17, 15) is 19.5 Å². The van der Waals surface area contributed by atoms with Crippen LogP contribution in [-0.2, 0) is 14.3 Å². The van der Waals surface area contributed by atoms with Crippen LogP contribution in [0.2, 0.25) is 5.02 Å². The number of ketones is 1. The van der Waals surface area contributed by atoms with Gasteiger partial charge in [0, 0.05) is 24.2 Å². The van der Waals surface area contributed by atoms with Gasteiger partial charge in [0.05, 0.1) is 35.2 Å². The molecule has 0 unspecified atom stereocenters.